The van der Waals surface area contributed by atoms with Crippen LogP contribution < -0.4 is 5.32 Å². The highest BCUT2D eigenvalue weighted by atomic mass is 19.4. The van der Waals surface area contributed by atoms with Gasteiger partial charge in [0.05, 0.1) is 7.05 Å². The van der Waals surface area contributed by atoms with Crippen molar-refractivity contribution >= 4 is 0 Å². The number of alkyl halides is 3. The molecule has 0 saturated heterocycles. The molecule has 1 N–H and O–H groups in total. The van der Waals surface area contributed by atoms with Gasteiger partial charge < -0.3 is 5.32 Å². The number of rotatable bonds is 5. The van der Waals surface area contributed by atoms with Gasteiger partial charge in [0.25, 0.3) is 0 Å². The first-order valence-electron chi connectivity index (χ1n) is 4.96. The first-order chi connectivity index (χ1) is 7.43. The van der Waals surface area contributed by atoms with Crippen molar-refractivity contribution in [3.05, 3.63) is 5.82 Å². The number of hydrogen-bond acceptors (Lipinski definition) is 4. The maximum atomic E-state index is 12.6. The first kappa shape index (κ1) is 12.9. The highest BCUT2D eigenvalue weighted by Crippen LogP contribution is 2.22. The molecule has 8 heteroatoms. The van der Waals surface area contributed by atoms with Gasteiger partial charge in [-0.15, -0.1) is 10.2 Å². The zero-order chi connectivity index (χ0) is 12.2. The predicted octanol–water partition coefficient (Wildman–Crippen LogP) is 0.683. The van der Waals surface area contributed by atoms with Gasteiger partial charge in [-0.1, -0.05) is 6.92 Å². The third-order valence-electron chi connectivity index (χ3n) is 1.97. The minimum absolute atomic E-state index is 0.0911. The van der Waals surface area contributed by atoms with Crippen molar-refractivity contribution in [2.24, 2.45) is 7.05 Å². The van der Waals surface area contributed by atoms with Gasteiger partial charge in [-0.05, 0) is 18.2 Å². The van der Waals surface area contributed by atoms with Crippen LogP contribution in [0.25, 0.3) is 0 Å². The van der Waals surface area contributed by atoms with Gasteiger partial charge in [0.2, 0.25) is 0 Å². The Morgan fingerprint density at radius 2 is 2.12 bits per heavy atom. The topological polar surface area (TPSA) is 55.6 Å². The molecule has 0 saturated carbocycles. The zero-order valence-electron chi connectivity index (χ0n) is 9.12. The summed E-state index contributed by atoms with van der Waals surface area (Å²) in [7, 11) is 1.51. The highest BCUT2D eigenvalue weighted by molar-refractivity contribution is 4.88. The van der Waals surface area contributed by atoms with Gasteiger partial charge in [-0.25, -0.2) is 0 Å². The van der Waals surface area contributed by atoms with E-state index in [0.29, 0.717) is 13.0 Å². The normalized spacial score (nSPS) is 14.1. The van der Waals surface area contributed by atoms with E-state index < -0.39 is 12.2 Å². The molecule has 0 aliphatic carbocycles. The fraction of sp³-hybridized carbons (Fsp3) is 0.875. The molecule has 0 bridgehead atoms. The third kappa shape index (κ3) is 3.76. The van der Waals surface area contributed by atoms with E-state index in [2.05, 4.69) is 20.7 Å². The highest BCUT2D eigenvalue weighted by Gasteiger charge is 2.39. The van der Waals surface area contributed by atoms with Crippen LogP contribution in [-0.4, -0.2) is 39.0 Å². The van der Waals surface area contributed by atoms with E-state index in [9.17, 15) is 13.2 Å². The maximum Gasteiger partial charge on any atom is 0.404 e. The predicted molar refractivity (Wildman–Crippen MR) is 50.6 cm³/mol. The number of hydrogen-bond donors (Lipinski definition) is 1. The van der Waals surface area contributed by atoms with Crippen LogP contribution in [0.1, 0.15) is 19.2 Å². The summed E-state index contributed by atoms with van der Waals surface area (Å²) >= 11 is 0. The van der Waals surface area contributed by atoms with Crippen LogP contribution in [0, 0.1) is 0 Å². The van der Waals surface area contributed by atoms with E-state index in [0.717, 1.165) is 4.80 Å². The van der Waals surface area contributed by atoms with Crippen LogP contribution in [-0.2, 0) is 13.5 Å². The van der Waals surface area contributed by atoms with E-state index in [-0.39, 0.29) is 12.2 Å². The van der Waals surface area contributed by atoms with Crippen molar-refractivity contribution in [2.45, 2.75) is 32.0 Å². The molecule has 0 aliphatic rings. The Morgan fingerprint density at radius 1 is 1.44 bits per heavy atom. The number of aryl methyl sites for hydroxylation is 1. The molecular formula is C8H14F3N5. The van der Waals surface area contributed by atoms with Gasteiger partial charge in [0.1, 0.15) is 6.04 Å². The molecule has 16 heavy (non-hydrogen) atoms. The van der Waals surface area contributed by atoms with E-state index in [1.807, 2.05) is 0 Å². The van der Waals surface area contributed by atoms with Crippen molar-refractivity contribution in [1.82, 2.24) is 25.5 Å². The lowest BCUT2D eigenvalue weighted by Crippen LogP contribution is -2.44. The summed E-state index contributed by atoms with van der Waals surface area (Å²) in [6, 6.07) is -1.61. The number of aromatic nitrogens is 4. The summed E-state index contributed by atoms with van der Waals surface area (Å²) in [5, 5.41) is 13.2. The summed E-state index contributed by atoms with van der Waals surface area (Å²) < 4.78 is 37.8. The second-order valence-electron chi connectivity index (χ2n) is 3.45. The van der Waals surface area contributed by atoms with Gasteiger partial charge in [0, 0.05) is 6.42 Å². The Kier molecular flexibility index (Phi) is 4.22. The lowest BCUT2D eigenvalue weighted by molar-refractivity contribution is -0.155. The molecule has 1 aromatic rings. The summed E-state index contributed by atoms with van der Waals surface area (Å²) in [6.07, 6.45) is -3.95. The Bertz CT molecular complexity index is 322. The van der Waals surface area contributed by atoms with Gasteiger partial charge >= 0.3 is 6.18 Å². The van der Waals surface area contributed by atoms with E-state index in [1.54, 1.807) is 6.92 Å². The monoisotopic (exact) mass is 237 g/mol. The molecule has 0 aromatic carbocycles. The molecular weight excluding hydrogens is 223 g/mol. The second kappa shape index (κ2) is 5.24. The van der Waals surface area contributed by atoms with Gasteiger partial charge in [-0.3, -0.25) is 0 Å². The smallest absolute Gasteiger partial charge is 0.306 e. The Balaban J connectivity index is 2.63. The number of nitrogens with zero attached hydrogens (tertiary/aromatic N) is 4. The average Bonchev–Trinajstić information content (AvgIpc) is 2.57. The van der Waals surface area contributed by atoms with Crippen LogP contribution in [0.4, 0.5) is 13.2 Å². The molecule has 1 rings (SSSR count). The fourth-order valence-electron chi connectivity index (χ4n) is 1.21. The van der Waals surface area contributed by atoms with Crippen LogP contribution in [0.3, 0.4) is 0 Å². The Morgan fingerprint density at radius 3 is 2.56 bits per heavy atom. The molecule has 0 spiro atoms. The van der Waals surface area contributed by atoms with Gasteiger partial charge in [0.15, 0.2) is 5.82 Å². The van der Waals surface area contributed by atoms with E-state index in [1.165, 1.54) is 7.05 Å². The van der Waals surface area contributed by atoms with E-state index >= 15 is 0 Å². The van der Waals surface area contributed by atoms with Crippen LogP contribution in [0.15, 0.2) is 0 Å². The van der Waals surface area contributed by atoms with Crippen molar-refractivity contribution in [3.8, 4) is 0 Å². The minimum Gasteiger partial charge on any atom is -0.306 e. The van der Waals surface area contributed by atoms with Crippen molar-refractivity contribution < 1.29 is 13.2 Å². The standard InChI is InChI=1S/C8H14F3N5/c1-3-4-12-6(8(9,10)11)5-7-13-15-16(2)14-7/h6,12H,3-5H2,1-2H3. The van der Waals surface area contributed by atoms with Crippen molar-refractivity contribution in [2.75, 3.05) is 6.54 Å². The molecule has 92 valence electrons. The molecule has 1 unspecified atom stereocenters. The molecule has 5 nitrogen and oxygen atoms in total. The second-order valence-corrected chi connectivity index (χ2v) is 3.45. The van der Waals surface area contributed by atoms with Crippen LogP contribution in [0.5, 0.6) is 0 Å². The number of tetrazole rings is 1. The lowest BCUT2D eigenvalue weighted by Gasteiger charge is -2.19. The first-order valence-corrected chi connectivity index (χ1v) is 4.96. The summed E-state index contributed by atoms with van der Waals surface area (Å²) in [5.41, 5.74) is 0. The van der Waals surface area contributed by atoms with Crippen molar-refractivity contribution in [1.29, 1.82) is 0 Å². The molecule has 1 aromatic heterocycles. The largest absolute Gasteiger partial charge is 0.404 e. The Hall–Kier alpha value is -1.18. The molecule has 0 fully saturated rings. The summed E-state index contributed by atoms with van der Waals surface area (Å²) in [5.74, 6) is 0.0911. The summed E-state index contributed by atoms with van der Waals surface area (Å²) in [6.45, 7) is 2.12. The third-order valence-corrected chi connectivity index (χ3v) is 1.97. The molecule has 0 radical (unpaired) electrons. The lowest BCUT2D eigenvalue weighted by atomic mass is 10.2. The van der Waals surface area contributed by atoms with Gasteiger partial charge in [-0.2, -0.15) is 18.0 Å². The number of halogens is 3. The van der Waals surface area contributed by atoms with E-state index in [4.69, 9.17) is 0 Å². The van der Waals surface area contributed by atoms with Crippen LogP contribution >= 0.6 is 0 Å². The zero-order valence-corrected chi connectivity index (χ0v) is 9.12. The SMILES string of the molecule is CCCNC(Cc1nnn(C)n1)C(F)(F)F. The van der Waals surface area contributed by atoms with Crippen molar-refractivity contribution in [3.63, 3.8) is 0 Å². The molecule has 1 atom stereocenters. The Labute approximate surface area is 91.0 Å². The molecule has 0 amide bonds. The quantitative estimate of drug-likeness (QED) is 0.818. The number of nitrogens with one attached hydrogen (secondary N) is 1. The minimum atomic E-state index is -4.30. The average molecular weight is 237 g/mol. The molecule has 1 heterocycles. The summed E-state index contributed by atoms with van der Waals surface area (Å²) in [4.78, 5) is 1.14. The molecule has 0 aliphatic heterocycles. The maximum absolute atomic E-state index is 12.6. The van der Waals surface area contributed by atoms with Crippen LogP contribution in [0.2, 0.25) is 0 Å². The fourth-order valence-corrected chi connectivity index (χ4v) is 1.21.